The average Bonchev–Trinajstić information content (AvgIpc) is 3.19. The molecule has 1 N–H and O–H groups in total. The second kappa shape index (κ2) is 9.96. The van der Waals surface area contributed by atoms with Crippen molar-refractivity contribution in [3.05, 3.63) is 0 Å². The summed E-state index contributed by atoms with van der Waals surface area (Å²) in [6.07, 6.45) is 7.05. The molecule has 0 radical (unpaired) electrons. The van der Waals surface area contributed by atoms with E-state index in [1.165, 1.54) is 45.3 Å². The van der Waals surface area contributed by atoms with Gasteiger partial charge in [-0.1, -0.05) is 0 Å². The van der Waals surface area contributed by atoms with Gasteiger partial charge in [-0.2, -0.15) is 0 Å². The largest absolute Gasteiger partial charge is 0.342 e. The average molecular weight is 352 g/mol. The minimum absolute atomic E-state index is 0. The van der Waals surface area contributed by atoms with Crippen LogP contribution in [0.5, 0.6) is 0 Å². The molecule has 0 aliphatic carbocycles. The van der Waals surface area contributed by atoms with Crippen LogP contribution in [-0.2, 0) is 4.79 Å². The molecule has 0 aromatic rings. The quantitative estimate of drug-likeness (QED) is 0.824. The highest BCUT2D eigenvalue weighted by atomic mass is 35.5. The number of halogens is 2. The lowest BCUT2D eigenvalue weighted by Crippen LogP contribution is -2.32. The Bertz CT molecular complexity index is 331. The van der Waals surface area contributed by atoms with E-state index in [2.05, 4.69) is 15.1 Å². The fraction of sp³-hybridized carbons (Fsp3) is 0.938. The Labute approximate surface area is 147 Å². The van der Waals surface area contributed by atoms with Crippen molar-refractivity contribution in [1.29, 1.82) is 0 Å². The molecule has 3 aliphatic rings. The highest BCUT2D eigenvalue weighted by Gasteiger charge is 2.28. The van der Waals surface area contributed by atoms with Gasteiger partial charge in [0.15, 0.2) is 0 Å². The molecule has 3 heterocycles. The number of amides is 1. The zero-order chi connectivity index (χ0) is 13.8. The van der Waals surface area contributed by atoms with E-state index in [-0.39, 0.29) is 24.8 Å². The van der Waals surface area contributed by atoms with E-state index in [1.807, 2.05) is 0 Å². The highest BCUT2D eigenvalue weighted by Crippen LogP contribution is 2.22. The zero-order valence-corrected chi connectivity index (χ0v) is 15.1. The predicted octanol–water partition coefficient (Wildman–Crippen LogP) is 2.16. The Balaban J connectivity index is 0.00000121. The maximum absolute atomic E-state index is 12.3. The van der Waals surface area contributed by atoms with Crippen LogP contribution in [0.1, 0.15) is 38.5 Å². The Morgan fingerprint density at radius 2 is 1.82 bits per heavy atom. The van der Waals surface area contributed by atoms with Crippen LogP contribution in [-0.4, -0.2) is 61.5 Å². The van der Waals surface area contributed by atoms with Crippen LogP contribution in [0.25, 0.3) is 0 Å². The van der Waals surface area contributed by atoms with Crippen LogP contribution < -0.4 is 5.32 Å². The van der Waals surface area contributed by atoms with Crippen molar-refractivity contribution in [2.45, 2.75) is 38.5 Å². The van der Waals surface area contributed by atoms with E-state index in [1.54, 1.807) is 0 Å². The molecule has 130 valence electrons. The van der Waals surface area contributed by atoms with E-state index in [0.29, 0.717) is 5.91 Å². The van der Waals surface area contributed by atoms with E-state index in [9.17, 15) is 4.79 Å². The molecule has 1 amide bonds. The number of carbonyl (C=O) groups is 1. The first-order chi connectivity index (χ1) is 9.81. The summed E-state index contributed by atoms with van der Waals surface area (Å²) in [5.41, 5.74) is 0. The lowest BCUT2D eigenvalue weighted by atomic mass is 10.0. The van der Waals surface area contributed by atoms with Crippen molar-refractivity contribution >= 4 is 30.7 Å². The molecule has 3 rings (SSSR count). The number of hydrogen-bond acceptors (Lipinski definition) is 3. The first-order valence-electron chi connectivity index (χ1n) is 8.52. The molecule has 3 aliphatic heterocycles. The summed E-state index contributed by atoms with van der Waals surface area (Å²) < 4.78 is 0. The number of likely N-dealkylation sites (tertiary alicyclic amines) is 2. The van der Waals surface area contributed by atoms with E-state index < -0.39 is 0 Å². The van der Waals surface area contributed by atoms with Gasteiger partial charge in [0.25, 0.3) is 0 Å². The predicted molar refractivity (Wildman–Crippen MR) is 95.1 cm³/mol. The Kier molecular flexibility index (Phi) is 9.07. The van der Waals surface area contributed by atoms with Crippen LogP contribution >= 0.6 is 24.8 Å². The molecule has 3 saturated heterocycles. The van der Waals surface area contributed by atoms with Gasteiger partial charge in [0.05, 0.1) is 0 Å². The number of nitrogens with zero attached hydrogens (tertiary/aromatic N) is 2. The van der Waals surface area contributed by atoms with Gasteiger partial charge < -0.3 is 15.1 Å². The van der Waals surface area contributed by atoms with Crippen molar-refractivity contribution in [2.75, 3.05) is 45.8 Å². The fourth-order valence-electron chi connectivity index (χ4n) is 3.99. The van der Waals surface area contributed by atoms with E-state index in [0.717, 1.165) is 50.9 Å². The van der Waals surface area contributed by atoms with Crippen molar-refractivity contribution in [3.63, 3.8) is 0 Å². The van der Waals surface area contributed by atoms with Gasteiger partial charge in [-0.05, 0) is 70.1 Å². The van der Waals surface area contributed by atoms with Crippen LogP contribution in [0.15, 0.2) is 0 Å². The van der Waals surface area contributed by atoms with Crippen molar-refractivity contribution in [3.8, 4) is 0 Å². The smallest absolute Gasteiger partial charge is 0.222 e. The molecule has 0 spiro atoms. The summed E-state index contributed by atoms with van der Waals surface area (Å²) in [4.78, 5) is 17.0. The van der Waals surface area contributed by atoms with Gasteiger partial charge >= 0.3 is 0 Å². The summed E-state index contributed by atoms with van der Waals surface area (Å²) in [5.74, 6) is 1.87. The molecule has 2 atom stereocenters. The van der Waals surface area contributed by atoms with Crippen molar-refractivity contribution in [2.24, 2.45) is 11.8 Å². The number of hydrogen-bond donors (Lipinski definition) is 1. The van der Waals surface area contributed by atoms with Gasteiger partial charge in [-0.25, -0.2) is 0 Å². The van der Waals surface area contributed by atoms with Gasteiger partial charge in [-0.3, -0.25) is 4.79 Å². The van der Waals surface area contributed by atoms with Crippen molar-refractivity contribution < 1.29 is 4.79 Å². The lowest BCUT2D eigenvalue weighted by Gasteiger charge is -2.21. The Hall–Kier alpha value is -0.0300. The zero-order valence-electron chi connectivity index (χ0n) is 13.5. The molecule has 4 nitrogen and oxygen atoms in total. The first-order valence-corrected chi connectivity index (χ1v) is 8.52. The molecule has 0 aromatic heterocycles. The van der Waals surface area contributed by atoms with Gasteiger partial charge in [-0.15, -0.1) is 24.8 Å². The second-order valence-corrected chi connectivity index (χ2v) is 6.90. The molecular weight excluding hydrogens is 321 g/mol. The molecule has 0 saturated carbocycles. The Morgan fingerprint density at radius 3 is 2.50 bits per heavy atom. The highest BCUT2D eigenvalue weighted by molar-refractivity contribution is 5.85. The third-order valence-corrected chi connectivity index (χ3v) is 5.28. The number of nitrogens with one attached hydrogen (secondary N) is 1. The van der Waals surface area contributed by atoms with Crippen molar-refractivity contribution in [1.82, 2.24) is 15.1 Å². The minimum Gasteiger partial charge on any atom is -0.342 e. The fourth-order valence-corrected chi connectivity index (χ4v) is 3.99. The summed E-state index contributed by atoms with van der Waals surface area (Å²) >= 11 is 0. The standard InChI is InChI=1S/C16H29N3O.2ClH/c20-16(4-3-14-5-7-17-11-14)19-10-6-15(13-19)12-18-8-1-2-9-18;;/h14-15,17H,1-13H2;2*1H. The number of carbonyl (C=O) groups excluding carboxylic acids is 1. The lowest BCUT2D eigenvalue weighted by molar-refractivity contribution is -0.130. The van der Waals surface area contributed by atoms with E-state index >= 15 is 0 Å². The van der Waals surface area contributed by atoms with Gasteiger partial charge in [0.2, 0.25) is 5.91 Å². The summed E-state index contributed by atoms with van der Waals surface area (Å²) in [6.45, 7) is 8.04. The summed E-state index contributed by atoms with van der Waals surface area (Å²) in [6, 6.07) is 0. The van der Waals surface area contributed by atoms with Crippen LogP contribution in [0, 0.1) is 11.8 Å². The molecule has 22 heavy (non-hydrogen) atoms. The van der Waals surface area contributed by atoms with Crippen LogP contribution in [0.2, 0.25) is 0 Å². The Morgan fingerprint density at radius 1 is 1.05 bits per heavy atom. The molecule has 0 aromatic carbocycles. The molecule has 2 unspecified atom stereocenters. The topological polar surface area (TPSA) is 35.6 Å². The van der Waals surface area contributed by atoms with E-state index in [4.69, 9.17) is 0 Å². The normalized spacial score (nSPS) is 28.5. The third kappa shape index (κ3) is 5.55. The molecule has 0 bridgehead atoms. The first kappa shape index (κ1) is 20.0. The minimum atomic E-state index is 0. The van der Waals surface area contributed by atoms with Gasteiger partial charge in [0.1, 0.15) is 0 Å². The second-order valence-electron chi connectivity index (χ2n) is 6.90. The molecule has 6 heteroatoms. The van der Waals surface area contributed by atoms with Crippen LogP contribution in [0.3, 0.4) is 0 Å². The molecular formula is C16H31Cl2N3O. The maximum atomic E-state index is 12.3. The summed E-state index contributed by atoms with van der Waals surface area (Å²) in [7, 11) is 0. The third-order valence-electron chi connectivity index (χ3n) is 5.28. The number of rotatable bonds is 5. The van der Waals surface area contributed by atoms with Crippen LogP contribution in [0.4, 0.5) is 0 Å². The maximum Gasteiger partial charge on any atom is 0.222 e. The molecule has 3 fully saturated rings. The summed E-state index contributed by atoms with van der Waals surface area (Å²) in [5, 5.41) is 3.38. The van der Waals surface area contributed by atoms with Gasteiger partial charge in [0, 0.05) is 26.1 Å². The SMILES string of the molecule is Cl.Cl.O=C(CCC1CCNC1)N1CCC(CN2CCCC2)C1. The monoisotopic (exact) mass is 351 g/mol.